The highest BCUT2D eigenvalue weighted by molar-refractivity contribution is 5.88. The number of aromatic amines is 1. The molecular weight excluding hydrogens is 368 g/mol. The Kier molecular flexibility index (Phi) is 5.74. The van der Waals surface area contributed by atoms with Gasteiger partial charge in [-0.05, 0) is 44.7 Å². The Labute approximate surface area is 170 Å². The number of likely N-dealkylation sites (tertiary alicyclic amines) is 1. The fraction of sp³-hybridized carbons (Fsp3) is 0.591. The molecule has 2 fully saturated rings. The number of imidazole rings is 1. The zero-order valence-corrected chi connectivity index (χ0v) is 17.0. The lowest BCUT2D eigenvalue weighted by Gasteiger charge is -2.34. The number of para-hydroxylation sites is 2. The number of hydrogen-bond acceptors (Lipinski definition) is 3. The quantitative estimate of drug-likeness (QED) is 0.830. The van der Waals surface area contributed by atoms with Crippen LogP contribution in [0.4, 0.5) is 0 Å². The molecule has 7 heteroatoms. The second-order valence-electron chi connectivity index (χ2n) is 8.44. The number of carbonyl (C=O) groups excluding carboxylic acids is 2. The van der Waals surface area contributed by atoms with Crippen LogP contribution in [0.2, 0.25) is 0 Å². The number of amides is 2. The molecule has 4 rings (SSSR count). The van der Waals surface area contributed by atoms with Crippen LogP contribution in [0.5, 0.6) is 0 Å². The van der Waals surface area contributed by atoms with Crippen LogP contribution in [0.3, 0.4) is 0 Å². The monoisotopic (exact) mass is 398 g/mol. The van der Waals surface area contributed by atoms with Crippen LogP contribution in [-0.2, 0) is 9.59 Å². The van der Waals surface area contributed by atoms with Gasteiger partial charge in [-0.1, -0.05) is 31.4 Å². The highest BCUT2D eigenvalue weighted by atomic mass is 16.2. The fourth-order valence-electron chi connectivity index (χ4n) is 4.81. The standard InChI is InChI=1S/C22H30N4O3/c1-15(23-20(27)16-7-3-2-4-8-16)21(28)25-13-11-17(12-14-25)26-19-10-6-5-9-18(19)24-22(26)29/h5-6,9-10,15-17H,2-4,7-8,11-14H2,1H3,(H,23,27)(H,24,29)/t15-/m0/s1. The predicted molar refractivity (Wildman–Crippen MR) is 112 cm³/mol. The number of carbonyl (C=O) groups is 2. The Bertz CT molecular complexity index is 933. The molecule has 2 aliphatic rings. The normalized spacial score (nSPS) is 20.0. The highest BCUT2D eigenvalue weighted by Crippen LogP contribution is 2.26. The number of piperidine rings is 1. The van der Waals surface area contributed by atoms with Gasteiger partial charge in [0.15, 0.2) is 0 Å². The molecule has 0 spiro atoms. The van der Waals surface area contributed by atoms with Gasteiger partial charge in [0.05, 0.1) is 11.0 Å². The van der Waals surface area contributed by atoms with E-state index in [0.29, 0.717) is 13.1 Å². The van der Waals surface area contributed by atoms with E-state index in [-0.39, 0.29) is 29.5 Å². The number of fused-ring (bicyclic) bond motifs is 1. The van der Waals surface area contributed by atoms with Gasteiger partial charge in [0.25, 0.3) is 0 Å². The minimum Gasteiger partial charge on any atom is -0.344 e. The average Bonchev–Trinajstić information content (AvgIpc) is 3.09. The van der Waals surface area contributed by atoms with Crippen LogP contribution < -0.4 is 11.0 Å². The van der Waals surface area contributed by atoms with Crippen LogP contribution in [0.1, 0.15) is 57.9 Å². The van der Waals surface area contributed by atoms with Gasteiger partial charge in [0.1, 0.15) is 6.04 Å². The molecule has 1 saturated heterocycles. The Morgan fingerprint density at radius 2 is 1.76 bits per heavy atom. The van der Waals surface area contributed by atoms with E-state index in [4.69, 9.17) is 0 Å². The van der Waals surface area contributed by atoms with E-state index in [0.717, 1.165) is 49.6 Å². The van der Waals surface area contributed by atoms with Gasteiger partial charge in [-0.2, -0.15) is 0 Å². The lowest BCUT2D eigenvalue weighted by atomic mass is 9.88. The first-order chi connectivity index (χ1) is 14.0. The van der Waals surface area contributed by atoms with Gasteiger partial charge in [0, 0.05) is 25.0 Å². The molecule has 156 valence electrons. The molecule has 1 aromatic heterocycles. The minimum absolute atomic E-state index is 0.0192. The molecule has 7 nitrogen and oxygen atoms in total. The molecule has 1 saturated carbocycles. The second kappa shape index (κ2) is 8.43. The van der Waals surface area contributed by atoms with Crippen molar-refractivity contribution in [2.24, 2.45) is 5.92 Å². The van der Waals surface area contributed by atoms with Gasteiger partial charge >= 0.3 is 5.69 Å². The summed E-state index contributed by atoms with van der Waals surface area (Å²) in [5, 5.41) is 2.93. The highest BCUT2D eigenvalue weighted by Gasteiger charge is 2.30. The van der Waals surface area contributed by atoms with E-state index in [1.807, 2.05) is 33.7 Å². The van der Waals surface area contributed by atoms with Crippen molar-refractivity contribution in [2.75, 3.05) is 13.1 Å². The van der Waals surface area contributed by atoms with Crippen molar-refractivity contribution in [1.82, 2.24) is 19.8 Å². The summed E-state index contributed by atoms with van der Waals surface area (Å²) in [4.78, 5) is 42.4. The lowest BCUT2D eigenvalue weighted by molar-refractivity contribution is -0.138. The third-order valence-corrected chi connectivity index (χ3v) is 6.47. The molecule has 1 atom stereocenters. The third kappa shape index (κ3) is 4.09. The summed E-state index contributed by atoms with van der Waals surface area (Å²) in [6.45, 7) is 2.97. The molecule has 0 unspecified atom stereocenters. The van der Waals surface area contributed by atoms with Gasteiger partial charge in [-0.25, -0.2) is 4.79 Å². The van der Waals surface area contributed by atoms with Crippen LogP contribution >= 0.6 is 0 Å². The maximum absolute atomic E-state index is 12.8. The maximum atomic E-state index is 12.8. The van der Waals surface area contributed by atoms with Gasteiger partial charge in [-0.15, -0.1) is 0 Å². The summed E-state index contributed by atoms with van der Waals surface area (Å²) >= 11 is 0. The van der Waals surface area contributed by atoms with Crippen molar-refractivity contribution in [3.8, 4) is 0 Å². The van der Waals surface area contributed by atoms with Crippen LogP contribution in [0.15, 0.2) is 29.1 Å². The van der Waals surface area contributed by atoms with Gasteiger partial charge in [-0.3, -0.25) is 14.2 Å². The van der Waals surface area contributed by atoms with E-state index in [1.165, 1.54) is 6.42 Å². The Balaban J connectivity index is 1.35. The van der Waals surface area contributed by atoms with Crippen molar-refractivity contribution in [3.63, 3.8) is 0 Å². The zero-order valence-electron chi connectivity index (χ0n) is 17.0. The summed E-state index contributed by atoms with van der Waals surface area (Å²) in [7, 11) is 0. The number of rotatable bonds is 4. The van der Waals surface area contributed by atoms with E-state index in [2.05, 4.69) is 10.3 Å². The predicted octanol–water partition coefficient (Wildman–Crippen LogP) is 2.58. The molecule has 1 aliphatic carbocycles. The molecular formula is C22H30N4O3. The van der Waals surface area contributed by atoms with Crippen molar-refractivity contribution >= 4 is 22.8 Å². The molecule has 0 bridgehead atoms. The average molecular weight is 399 g/mol. The first kappa shape index (κ1) is 19.7. The molecule has 0 radical (unpaired) electrons. The van der Waals surface area contributed by atoms with Crippen molar-refractivity contribution < 1.29 is 9.59 Å². The van der Waals surface area contributed by atoms with Crippen LogP contribution in [0, 0.1) is 5.92 Å². The SMILES string of the molecule is C[C@H](NC(=O)C1CCCCC1)C(=O)N1CCC(n2c(=O)[nH]c3ccccc32)CC1. The second-order valence-corrected chi connectivity index (χ2v) is 8.44. The summed E-state index contributed by atoms with van der Waals surface area (Å²) in [6.07, 6.45) is 6.72. The molecule has 2 aromatic rings. The van der Waals surface area contributed by atoms with E-state index in [1.54, 1.807) is 6.92 Å². The molecule has 2 amide bonds. The Morgan fingerprint density at radius 1 is 1.07 bits per heavy atom. The number of H-pyrrole nitrogens is 1. The Hall–Kier alpha value is -2.57. The van der Waals surface area contributed by atoms with E-state index >= 15 is 0 Å². The van der Waals surface area contributed by atoms with E-state index in [9.17, 15) is 14.4 Å². The largest absolute Gasteiger partial charge is 0.344 e. The van der Waals surface area contributed by atoms with Crippen molar-refractivity contribution in [3.05, 3.63) is 34.7 Å². The molecule has 2 heterocycles. The molecule has 1 aliphatic heterocycles. The van der Waals surface area contributed by atoms with Gasteiger partial charge < -0.3 is 15.2 Å². The van der Waals surface area contributed by atoms with Gasteiger partial charge in [0.2, 0.25) is 11.8 Å². The van der Waals surface area contributed by atoms with Crippen molar-refractivity contribution in [1.29, 1.82) is 0 Å². The lowest BCUT2D eigenvalue weighted by Crippen LogP contribution is -2.51. The summed E-state index contributed by atoms with van der Waals surface area (Å²) < 4.78 is 1.82. The maximum Gasteiger partial charge on any atom is 0.326 e. The zero-order chi connectivity index (χ0) is 20.4. The number of nitrogens with one attached hydrogen (secondary N) is 2. The number of benzene rings is 1. The molecule has 2 N–H and O–H groups in total. The fourth-order valence-corrected chi connectivity index (χ4v) is 4.81. The summed E-state index contributed by atoms with van der Waals surface area (Å²) in [5.41, 5.74) is 1.66. The third-order valence-electron chi connectivity index (χ3n) is 6.47. The number of hydrogen-bond donors (Lipinski definition) is 2. The first-order valence-corrected chi connectivity index (χ1v) is 10.8. The van der Waals surface area contributed by atoms with Crippen LogP contribution in [-0.4, -0.2) is 45.4 Å². The smallest absolute Gasteiger partial charge is 0.326 e. The number of aromatic nitrogens is 2. The minimum atomic E-state index is -0.503. The van der Waals surface area contributed by atoms with Crippen molar-refractivity contribution in [2.45, 2.75) is 64.0 Å². The molecule has 1 aromatic carbocycles. The Morgan fingerprint density at radius 3 is 2.48 bits per heavy atom. The summed E-state index contributed by atoms with van der Waals surface area (Å²) in [5.74, 6) is 0.0446. The first-order valence-electron chi connectivity index (χ1n) is 10.8. The summed E-state index contributed by atoms with van der Waals surface area (Å²) in [6, 6.07) is 7.27. The number of nitrogens with zero attached hydrogens (tertiary/aromatic N) is 2. The topological polar surface area (TPSA) is 87.2 Å². The van der Waals surface area contributed by atoms with E-state index < -0.39 is 6.04 Å². The molecule has 29 heavy (non-hydrogen) atoms. The van der Waals surface area contributed by atoms with Crippen LogP contribution in [0.25, 0.3) is 11.0 Å².